The Morgan fingerprint density at radius 3 is 2.13 bits per heavy atom. The first-order chi connectivity index (χ1) is 29.5. The molecule has 0 N–H and O–H groups in total. The van der Waals surface area contributed by atoms with Crippen LogP contribution in [0.1, 0.15) is 107 Å². The van der Waals surface area contributed by atoms with Gasteiger partial charge >= 0.3 is 5.97 Å². The van der Waals surface area contributed by atoms with Crippen molar-refractivity contribution in [2.75, 3.05) is 31.8 Å². The van der Waals surface area contributed by atoms with Crippen molar-refractivity contribution in [2.45, 2.75) is 117 Å². The molecule has 0 radical (unpaired) electrons. The number of benzene rings is 2. The highest BCUT2D eigenvalue weighted by atomic mass is 35.5. The van der Waals surface area contributed by atoms with Crippen LogP contribution >= 0.6 is 11.6 Å². The maximum Gasteiger partial charge on any atom is 0.357 e. The number of hydrogen-bond acceptors (Lipinski definition) is 9. The number of anilines is 2. The Morgan fingerprint density at radius 2 is 1.50 bits per heavy atom. The molecule has 2 unspecified atom stereocenters. The SMILES string of the molecule is COC(=O)c1nc(N2CCCc3c2nnc(Cl)c3C)ccc1-c1cnn(CC23CC4(C)CC(C)(C2)CC(OCCO[Si](c2ccccc2)(c2ccccc2)C(C)(C)C)(C4)C3)c1C. The number of aromatic nitrogens is 5. The summed E-state index contributed by atoms with van der Waals surface area (Å²) in [6.45, 7) is 18.6. The minimum atomic E-state index is -2.68. The maximum atomic E-state index is 13.5. The summed E-state index contributed by atoms with van der Waals surface area (Å²) in [6.07, 6.45) is 10.3. The summed E-state index contributed by atoms with van der Waals surface area (Å²) in [5, 5.41) is 16.6. The molecular weight excluding hydrogens is 812 g/mol. The predicted molar refractivity (Wildman–Crippen MR) is 247 cm³/mol. The summed E-state index contributed by atoms with van der Waals surface area (Å²) in [5.74, 6) is 0.850. The minimum absolute atomic E-state index is 0.0160. The van der Waals surface area contributed by atoms with Gasteiger partial charge in [0.05, 0.1) is 32.1 Å². The van der Waals surface area contributed by atoms with Crippen molar-refractivity contribution >= 4 is 47.9 Å². The number of esters is 1. The fourth-order valence-electron chi connectivity index (χ4n) is 13.4. The van der Waals surface area contributed by atoms with Gasteiger partial charge in [-0.05, 0) is 115 Å². The number of carbonyl (C=O) groups is 1. The van der Waals surface area contributed by atoms with Gasteiger partial charge < -0.3 is 18.8 Å². The zero-order valence-corrected chi connectivity index (χ0v) is 39.4. The number of rotatable bonds is 12. The third-order valence-corrected chi connectivity index (χ3v) is 20.0. The van der Waals surface area contributed by atoms with E-state index >= 15 is 0 Å². The predicted octanol–water partition coefficient (Wildman–Crippen LogP) is 9.59. The number of pyridine rings is 1. The monoisotopic (exact) mass is 872 g/mol. The standard InChI is InChI=1S/C50H61ClN6O4Si/c1-34-38-20-15-23-56(44(38)55-54-43(34)51)41-22-21-39(42(53-41)45(58)59-8)40-26-52-57(35(40)2)33-49-28-47(6)27-48(7,29-49)31-50(30-47,32-49)60-24-25-61-62(46(3,4)5,36-16-11-9-12-17-36)37-18-13-10-14-19-37/h9-14,16-19,21-22,26H,15,20,23-25,27-33H2,1-8H3. The van der Waals surface area contributed by atoms with Gasteiger partial charge in [-0.2, -0.15) is 5.10 Å². The molecule has 0 saturated heterocycles. The van der Waals surface area contributed by atoms with Crippen molar-refractivity contribution < 1.29 is 18.7 Å². The molecule has 4 fully saturated rings. The Bertz CT molecular complexity index is 2430. The van der Waals surface area contributed by atoms with E-state index in [4.69, 9.17) is 35.6 Å². The van der Waals surface area contributed by atoms with Crippen LogP contribution in [0.15, 0.2) is 79.0 Å². The second-order valence-electron chi connectivity index (χ2n) is 20.8. The molecule has 5 aromatic rings. The van der Waals surface area contributed by atoms with E-state index in [1.54, 1.807) is 0 Å². The Kier molecular flexibility index (Phi) is 10.8. The summed E-state index contributed by atoms with van der Waals surface area (Å²) in [5.41, 5.74) is 4.94. The molecule has 5 aliphatic rings. The van der Waals surface area contributed by atoms with Gasteiger partial charge in [0.25, 0.3) is 8.32 Å². The summed E-state index contributed by atoms with van der Waals surface area (Å²) in [4.78, 5) is 20.4. The highest BCUT2D eigenvalue weighted by Gasteiger charge is 2.66. The molecule has 4 aliphatic carbocycles. The van der Waals surface area contributed by atoms with Gasteiger partial charge in [-0.25, -0.2) is 9.78 Å². The smallest absolute Gasteiger partial charge is 0.357 e. The zero-order chi connectivity index (χ0) is 43.7. The topological polar surface area (TPSA) is 104 Å². The van der Waals surface area contributed by atoms with Crippen LogP contribution in [-0.2, 0) is 26.9 Å². The van der Waals surface area contributed by atoms with Crippen LogP contribution in [0.5, 0.6) is 0 Å². The second kappa shape index (κ2) is 15.7. The van der Waals surface area contributed by atoms with Crippen molar-refractivity contribution in [3.05, 3.63) is 107 Å². The van der Waals surface area contributed by atoms with Crippen molar-refractivity contribution in [3.8, 4) is 11.1 Å². The van der Waals surface area contributed by atoms with Gasteiger partial charge in [-0.1, -0.05) is 107 Å². The lowest BCUT2D eigenvalue weighted by Gasteiger charge is -2.69. The van der Waals surface area contributed by atoms with E-state index in [1.165, 1.54) is 23.9 Å². The number of methoxy groups -OCH3 is 1. The fraction of sp³-hybridized carbons (Fsp3) is 0.500. The first-order valence-corrected chi connectivity index (χ1v) is 24.6. The summed E-state index contributed by atoms with van der Waals surface area (Å²) < 4.78 is 22.1. The molecule has 2 atom stereocenters. The lowest BCUT2D eigenvalue weighted by Crippen LogP contribution is -2.67. The lowest BCUT2D eigenvalue weighted by atomic mass is 9.39. The number of carbonyl (C=O) groups excluding carboxylic acids is 1. The quantitative estimate of drug-likeness (QED) is 0.0689. The minimum Gasteiger partial charge on any atom is -0.464 e. The van der Waals surface area contributed by atoms with E-state index in [2.05, 4.69) is 117 Å². The molecule has 1 aliphatic heterocycles. The highest BCUT2D eigenvalue weighted by molar-refractivity contribution is 6.99. The third kappa shape index (κ3) is 7.40. The zero-order valence-electron chi connectivity index (χ0n) is 37.7. The molecule has 4 bridgehead atoms. The van der Waals surface area contributed by atoms with Gasteiger partial charge in [0.15, 0.2) is 16.7 Å². The number of halogens is 1. The van der Waals surface area contributed by atoms with Crippen LogP contribution in [0.3, 0.4) is 0 Å². The molecule has 0 spiro atoms. The van der Waals surface area contributed by atoms with Crippen LogP contribution in [0.25, 0.3) is 11.1 Å². The van der Waals surface area contributed by atoms with Crippen LogP contribution in [-0.4, -0.2) is 71.7 Å². The summed E-state index contributed by atoms with van der Waals surface area (Å²) in [7, 11) is -1.28. The Balaban J connectivity index is 0.974. The molecular formula is C50H61ClN6O4Si. The molecule has 10 nitrogen and oxygen atoms in total. The van der Waals surface area contributed by atoms with E-state index in [-0.39, 0.29) is 32.6 Å². The van der Waals surface area contributed by atoms with E-state index in [0.717, 1.165) is 79.7 Å². The van der Waals surface area contributed by atoms with Crippen LogP contribution in [0, 0.1) is 30.1 Å². The Hall–Kier alpha value is -4.42. The van der Waals surface area contributed by atoms with E-state index in [9.17, 15) is 4.79 Å². The average Bonchev–Trinajstić information content (AvgIpc) is 3.58. The van der Waals surface area contributed by atoms with Gasteiger partial charge in [0.2, 0.25) is 0 Å². The van der Waals surface area contributed by atoms with Gasteiger partial charge in [-0.15, -0.1) is 10.2 Å². The Morgan fingerprint density at radius 1 is 0.839 bits per heavy atom. The van der Waals surface area contributed by atoms with Crippen LogP contribution in [0.4, 0.5) is 11.6 Å². The molecule has 4 heterocycles. The molecule has 10 rings (SSSR count). The average molecular weight is 874 g/mol. The number of nitrogens with zero attached hydrogens (tertiary/aromatic N) is 6. The number of fused-ring (bicyclic) bond motifs is 1. The Labute approximate surface area is 372 Å². The number of ether oxygens (including phenoxy) is 2. The summed E-state index contributed by atoms with van der Waals surface area (Å²) >= 11 is 6.35. The van der Waals surface area contributed by atoms with Crippen molar-refractivity contribution in [2.24, 2.45) is 16.2 Å². The molecule has 62 heavy (non-hydrogen) atoms. The number of hydrogen-bond donors (Lipinski definition) is 0. The third-order valence-electron chi connectivity index (χ3n) is 14.6. The van der Waals surface area contributed by atoms with Crippen LogP contribution < -0.4 is 15.3 Å². The van der Waals surface area contributed by atoms with Crippen molar-refractivity contribution in [3.63, 3.8) is 0 Å². The fourth-order valence-corrected chi connectivity index (χ4v) is 18.1. The normalized spacial score (nSPS) is 25.5. The second-order valence-corrected chi connectivity index (χ2v) is 25.4. The molecule has 0 amide bonds. The van der Waals surface area contributed by atoms with E-state index in [0.29, 0.717) is 36.3 Å². The molecule has 4 saturated carbocycles. The van der Waals surface area contributed by atoms with Crippen LogP contribution in [0.2, 0.25) is 10.2 Å². The van der Waals surface area contributed by atoms with E-state index in [1.807, 2.05) is 30.2 Å². The van der Waals surface area contributed by atoms with Crippen molar-refractivity contribution in [1.29, 1.82) is 0 Å². The summed E-state index contributed by atoms with van der Waals surface area (Å²) in [6, 6.07) is 25.7. The first-order valence-electron chi connectivity index (χ1n) is 22.3. The molecule has 326 valence electrons. The van der Waals surface area contributed by atoms with Crippen molar-refractivity contribution in [1.82, 2.24) is 25.0 Å². The van der Waals surface area contributed by atoms with Gasteiger partial charge in [0, 0.05) is 35.5 Å². The van der Waals surface area contributed by atoms with E-state index < -0.39 is 14.3 Å². The molecule has 2 aromatic carbocycles. The maximum absolute atomic E-state index is 13.5. The largest absolute Gasteiger partial charge is 0.464 e. The lowest BCUT2D eigenvalue weighted by molar-refractivity contribution is -0.249. The first kappa shape index (κ1) is 42.9. The molecule has 12 heteroatoms. The van der Waals surface area contributed by atoms with Gasteiger partial charge in [-0.3, -0.25) is 4.68 Å². The highest BCUT2D eigenvalue weighted by Crippen LogP contribution is 2.72. The molecule has 3 aromatic heterocycles. The van der Waals surface area contributed by atoms with Gasteiger partial charge in [0.1, 0.15) is 5.82 Å².